The van der Waals surface area contributed by atoms with Crippen LogP contribution in [0.25, 0.3) is 33.9 Å². The average molecular weight is 522 g/mol. The Morgan fingerprint density at radius 2 is 2.08 bits per heavy atom. The molecule has 1 fully saturated rings. The number of carbonyl (C=O) groups excluding carboxylic acids is 1. The number of aromatic nitrogens is 4. The van der Waals surface area contributed by atoms with Crippen molar-refractivity contribution in [3.05, 3.63) is 76.3 Å². The molecule has 7 nitrogen and oxygen atoms in total. The first kappa shape index (κ1) is 22.9. The number of benzene rings is 2. The number of carbonyl (C=O) groups is 1. The third kappa shape index (κ3) is 4.29. The van der Waals surface area contributed by atoms with Crippen molar-refractivity contribution in [1.29, 1.82) is 0 Å². The van der Waals surface area contributed by atoms with E-state index < -0.39 is 0 Å². The Labute approximate surface area is 215 Å². The molecule has 6 rings (SSSR count). The van der Waals surface area contributed by atoms with Gasteiger partial charge >= 0.3 is 0 Å². The van der Waals surface area contributed by atoms with Crippen LogP contribution in [0.3, 0.4) is 0 Å². The summed E-state index contributed by atoms with van der Waals surface area (Å²) < 4.78 is 23.0. The molecule has 2 atom stereocenters. The fraction of sp³-hybridized carbons (Fsp3) is 0.231. The fourth-order valence-corrected chi connectivity index (χ4v) is 5.75. The van der Waals surface area contributed by atoms with Crippen LogP contribution >= 0.6 is 22.9 Å². The standard InChI is InChI=1S/C26H21ClFN5O2S/c27-22-14-30-26(36-22)24(34)31-16-4-3-5-17(13-16)33-21-12-15(25-29-10-11-35-25)8-9-20(21)32-23(33)18-6-1-2-7-19(18)28/h1-2,6-12,14,16-17H,3-5,13H2,(H,31,34). The number of hydrogen-bond donors (Lipinski definition) is 1. The van der Waals surface area contributed by atoms with Crippen LogP contribution in [-0.4, -0.2) is 31.5 Å². The first-order valence-corrected chi connectivity index (χ1v) is 12.8. The van der Waals surface area contributed by atoms with Crippen LogP contribution in [0.5, 0.6) is 0 Å². The van der Waals surface area contributed by atoms with E-state index in [0.717, 1.165) is 47.2 Å². The van der Waals surface area contributed by atoms with Gasteiger partial charge in [0.05, 0.1) is 29.0 Å². The number of rotatable bonds is 5. The van der Waals surface area contributed by atoms with E-state index in [2.05, 4.69) is 19.9 Å². The molecular formula is C26H21ClFN5O2S. The van der Waals surface area contributed by atoms with E-state index in [1.807, 2.05) is 24.3 Å². The Kier molecular flexibility index (Phi) is 6.02. The Morgan fingerprint density at radius 3 is 2.86 bits per heavy atom. The third-order valence-electron chi connectivity index (χ3n) is 6.50. The number of imidazole rings is 1. The SMILES string of the molecule is O=C(NC1CCCC(n2c(-c3ccccc3F)nc3ccc(-c4ncco4)cc32)C1)c1ncc(Cl)s1. The summed E-state index contributed by atoms with van der Waals surface area (Å²) in [6.07, 6.45) is 7.94. The van der Waals surface area contributed by atoms with E-state index in [-0.39, 0.29) is 23.8 Å². The summed E-state index contributed by atoms with van der Waals surface area (Å²) in [5, 5.41) is 3.46. The first-order chi connectivity index (χ1) is 17.6. The topological polar surface area (TPSA) is 85.8 Å². The number of oxazole rings is 1. The number of nitrogens with one attached hydrogen (secondary N) is 1. The van der Waals surface area contributed by atoms with Gasteiger partial charge in [-0.2, -0.15) is 0 Å². The number of nitrogens with zero attached hydrogens (tertiary/aromatic N) is 4. The normalized spacial score (nSPS) is 17.9. The van der Waals surface area contributed by atoms with Crippen LogP contribution in [0.4, 0.5) is 4.39 Å². The molecule has 0 radical (unpaired) electrons. The van der Waals surface area contributed by atoms with E-state index in [0.29, 0.717) is 33.0 Å². The summed E-state index contributed by atoms with van der Waals surface area (Å²) in [5.74, 6) is 0.515. The highest BCUT2D eigenvalue weighted by molar-refractivity contribution is 7.17. The van der Waals surface area contributed by atoms with Crippen LogP contribution in [0.2, 0.25) is 4.34 Å². The lowest BCUT2D eigenvalue weighted by Gasteiger charge is -2.32. The minimum absolute atomic E-state index is 0.00310. The van der Waals surface area contributed by atoms with Gasteiger partial charge in [-0.05, 0) is 56.0 Å². The molecule has 1 aliphatic rings. The Morgan fingerprint density at radius 1 is 1.19 bits per heavy atom. The Bertz CT molecular complexity index is 1550. The second kappa shape index (κ2) is 9.48. The average Bonchev–Trinajstić information content (AvgIpc) is 3.64. The number of hydrogen-bond acceptors (Lipinski definition) is 6. The summed E-state index contributed by atoms with van der Waals surface area (Å²) in [7, 11) is 0. The van der Waals surface area contributed by atoms with Gasteiger partial charge in [0.1, 0.15) is 22.2 Å². The molecule has 36 heavy (non-hydrogen) atoms. The predicted molar refractivity (Wildman–Crippen MR) is 137 cm³/mol. The number of halogens is 2. The monoisotopic (exact) mass is 521 g/mol. The minimum atomic E-state index is -0.330. The molecule has 0 bridgehead atoms. The second-order valence-corrected chi connectivity index (χ2v) is 10.4. The summed E-state index contributed by atoms with van der Waals surface area (Å²) in [5.41, 5.74) is 2.88. The van der Waals surface area contributed by atoms with Crippen molar-refractivity contribution in [2.75, 3.05) is 0 Å². The van der Waals surface area contributed by atoms with Gasteiger partial charge in [0, 0.05) is 17.6 Å². The smallest absolute Gasteiger partial charge is 0.280 e. The van der Waals surface area contributed by atoms with Crippen molar-refractivity contribution in [3.63, 3.8) is 0 Å². The maximum atomic E-state index is 14.9. The molecule has 1 aliphatic carbocycles. The number of thiazole rings is 1. The van der Waals surface area contributed by atoms with Crippen molar-refractivity contribution >= 4 is 39.9 Å². The Balaban J connectivity index is 1.40. The molecular weight excluding hydrogens is 501 g/mol. The zero-order valence-electron chi connectivity index (χ0n) is 19.0. The van der Waals surface area contributed by atoms with Crippen LogP contribution in [-0.2, 0) is 0 Å². The molecule has 3 heterocycles. The lowest BCUT2D eigenvalue weighted by molar-refractivity contribution is 0.0920. The van der Waals surface area contributed by atoms with Gasteiger partial charge in [0.2, 0.25) is 5.89 Å². The molecule has 3 aromatic heterocycles. The maximum Gasteiger partial charge on any atom is 0.280 e. The molecule has 2 unspecified atom stereocenters. The molecule has 0 spiro atoms. The van der Waals surface area contributed by atoms with Crippen molar-refractivity contribution in [2.24, 2.45) is 0 Å². The molecule has 0 saturated heterocycles. The van der Waals surface area contributed by atoms with Gasteiger partial charge in [-0.1, -0.05) is 35.1 Å². The fourth-order valence-electron chi connectivity index (χ4n) is 4.93. The van der Waals surface area contributed by atoms with Gasteiger partial charge in [-0.15, -0.1) is 0 Å². The number of fused-ring (bicyclic) bond motifs is 1. The van der Waals surface area contributed by atoms with Crippen LogP contribution in [0.15, 0.2) is 65.5 Å². The van der Waals surface area contributed by atoms with E-state index in [1.165, 1.54) is 18.5 Å². The quantitative estimate of drug-likeness (QED) is 0.284. The molecule has 5 aromatic rings. The van der Waals surface area contributed by atoms with Gasteiger partial charge in [0.15, 0.2) is 5.01 Å². The van der Waals surface area contributed by atoms with Crippen molar-refractivity contribution in [2.45, 2.75) is 37.8 Å². The lowest BCUT2D eigenvalue weighted by Crippen LogP contribution is -2.39. The zero-order chi connectivity index (χ0) is 24.6. The lowest BCUT2D eigenvalue weighted by atomic mass is 9.90. The summed E-state index contributed by atoms with van der Waals surface area (Å²) in [4.78, 5) is 25.9. The van der Waals surface area contributed by atoms with Crippen LogP contribution in [0, 0.1) is 5.82 Å². The molecule has 182 valence electrons. The van der Waals surface area contributed by atoms with E-state index in [1.54, 1.807) is 18.3 Å². The van der Waals surface area contributed by atoms with E-state index in [4.69, 9.17) is 21.0 Å². The van der Waals surface area contributed by atoms with Gasteiger partial charge < -0.3 is 14.3 Å². The van der Waals surface area contributed by atoms with Crippen LogP contribution in [0.1, 0.15) is 41.5 Å². The van der Waals surface area contributed by atoms with Crippen molar-refractivity contribution in [1.82, 2.24) is 24.8 Å². The molecule has 10 heteroatoms. The molecule has 1 N–H and O–H groups in total. The van der Waals surface area contributed by atoms with Gasteiger partial charge in [0.25, 0.3) is 5.91 Å². The van der Waals surface area contributed by atoms with Crippen molar-refractivity contribution in [3.8, 4) is 22.8 Å². The largest absolute Gasteiger partial charge is 0.445 e. The van der Waals surface area contributed by atoms with E-state index in [9.17, 15) is 9.18 Å². The molecule has 1 saturated carbocycles. The van der Waals surface area contributed by atoms with Crippen molar-refractivity contribution < 1.29 is 13.6 Å². The maximum absolute atomic E-state index is 14.9. The summed E-state index contributed by atoms with van der Waals surface area (Å²) in [6.45, 7) is 0. The third-order valence-corrected chi connectivity index (χ3v) is 7.62. The van der Waals surface area contributed by atoms with Crippen LogP contribution < -0.4 is 5.32 Å². The minimum Gasteiger partial charge on any atom is -0.445 e. The predicted octanol–water partition coefficient (Wildman–Crippen LogP) is 6.52. The molecule has 0 aliphatic heterocycles. The highest BCUT2D eigenvalue weighted by Crippen LogP contribution is 2.38. The van der Waals surface area contributed by atoms with E-state index >= 15 is 0 Å². The molecule has 2 aromatic carbocycles. The molecule has 1 amide bonds. The Hall–Kier alpha value is -3.56. The zero-order valence-corrected chi connectivity index (χ0v) is 20.6. The van der Waals surface area contributed by atoms with Gasteiger partial charge in [-0.25, -0.2) is 19.3 Å². The first-order valence-electron chi connectivity index (χ1n) is 11.7. The number of amides is 1. The highest BCUT2D eigenvalue weighted by Gasteiger charge is 2.29. The summed E-state index contributed by atoms with van der Waals surface area (Å²) >= 11 is 7.11. The van der Waals surface area contributed by atoms with Gasteiger partial charge in [-0.3, -0.25) is 4.79 Å². The second-order valence-electron chi connectivity index (χ2n) is 8.79. The summed E-state index contributed by atoms with van der Waals surface area (Å²) in [6, 6.07) is 12.4. The highest BCUT2D eigenvalue weighted by atomic mass is 35.5.